The lowest BCUT2D eigenvalue weighted by Gasteiger charge is -2.48. The molecule has 0 saturated carbocycles. The predicted octanol–water partition coefficient (Wildman–Crippen LogP) is 2.41. The number of benzene rings is 1. The van der Waals surface area contributed by atoms with Crippen LogP contribution >= 0.6 is 0 Å². The van der Waals surface area contributed by atoms with E-state index in [2.05, 4.69) is 17.0 Å². The second-order valence-corrected chi connectivity index (χ2v) is 7.39. The van der Waals surface area contributed by atoms with E-state index < -0.39 is 0 Å². The monoisotopic (exact) mass is 341 g/mol. The van der Waals surface area contributed by atoms with Crippen molar-refractivity contribution in [1.82, 2.24) is 9.80 Å². The molecule has 0 radical (unpaired) electrons. The summed E-state index contributed by atoms with van der Waals surface area (Å²) in [4.78, 5) is 16.7. The van der Waals surface area contributed by atoms with Crippen LogP contribution in [0.2, 0.25) is 0 Å². The van der Waals surface area contributed by atoms with Gasteiger partial charge in [0.2, 0.25) is 5.91 Å². The van der Waals surface area contributed by atoms with Crippen molar-refractivity contribution in [3.63, 3.8) is 0 Å². The molecule has 2 aliphatic rings. The maximum absolute atomic E-state index is 12.2. The van der Waals surface area contributed by atoms with Crippen LogP contribution in [0, 0.1) is 16.7 Å². The van der Waals surface area contributed by atoms with Crippen molar-refractivity contribution in [2.45, 2.75) is 32.2 Å². The molecule has 2 fully saturated rings. The summed E-state index contributed by atoms with van der Waals surface area (Å²) < 4.78 is 5.16. The van der Waals surface area contributed by atoms with Gasteiger partial charge in [-0.3, -0.25) is 9.69 Å². The lowest BCUT2D eigenvalue weighted by Crippen LogP contribution is -2.54. The molecule has 3 rings (SSSR count). The first kappa shape index (κ1) is 17.9. The van der Waals surface area contributed by atoms with Crippen molar-refractivity contribution in [1.29, 1.82) is 5.26 Å². The van der Waals surface area contributed by atoms with E-state index >= 15 is 0 Å². The van der Waals surface area contributed by atoms with Crippen LogP contribution in [0.3, 0.4) is 0 Å². The molecule has 2 aliphatic heterocycles. The van der Waals surface area contributed by atoms with Gasteiger partial charge >= 0.3 is 0 Å². The molecule has 25 heavy (non-hydrogen) atoms. The van der Waals surface area contributed by atoms with Gasteiger partial charge in [0, 0.05) is 45.1 Å². The largest absolute Gasteiger partial charge is 0.383 e. The Morgan fingerprint density at radius 3 is 2.92 bits per heavy atom. The second kappa shape index (κ2) is 7.99. The zero-order valence-electron chi connectivity index (χ0n) is 15.0. The van der Waals surface area contributed by atoms with Crippen LogP contribution in [0.4, 0.5) is 0 Å². The molecule has 0 bridgehead atoms. The van der Waals surface area contributed by atoms with Crippen LogP contribution < -0.4 is 0 Å². The molecule has 2 heterocycles. The summed E-state index contributed by atoms with van der Waals surface area (Å²) >= 11 is 0. The molecule has 0 aliphatic carbocycles. The lowest BCUT2D eigenvalue weighted by atomic mass is 9.73. The van der Waals surface area contributed by atoms with E-state index in [0.29, 0.717) is 19.6 Å². The van der Waals surface area contributed by atoms with Crippen LogP contribution in [0.25, 0.3) is 0 Å². The number of carbonyl (C=O) groups is 1. The number of nitriles is 1. The highest BCUT2D eigenvalue weighted by Crippen LogP contribution is 2.39. The molecular formula is C20H27N3O2. The third kappa shape index (κ3) is 4.20. The van der Waals surface area contributed by atoms with Crippen molar-refractivity contribution in [2.24, 2.45) is 5.41 Å². The Hall–Kier alpha value is -1.90. The van der Waals surface area contributed by atoms with Gasteiger partial charge in [0.1, 0.15) is 0 Å². The summed E-state index contributed by atoms with van der Waals surface area (Å²) in [5.74, 6) is 0.259. The van der Waals surface area contributed by atoms with Gasteiger partial charge in [-0.15, -0.1) is 0 Å². The summed E-state index contributed by atoms with van der Waals surface area (Å²) in [6.45, 7) is 5.01. The number of piperidine rings is 2. The Labute approximate surface area is 150 Å². The Bertz CT molecular complexity index is 655. The highest BCUT2D eigenvalue weighted by molar-refractivity contribution is 5.77. The van der Waals surface area contributed by atoms with Crippen molar-refractivity contribution < 1.29 is 9.53 Å². The van der Waals surface area contributed by atoms with Crippen LogP contribution in [-0.2, 0) is 16.1 Å². The first-order valence-electron chi connectivity index (χ1n) is 9.13. The van der Waals surface area contributed by atoms with E-state index in [0.717, 1.165) is 50.1 Å². The average molecular weight is 341 g/mol. The zero-order valence-corrected chi connectivity index (χ0v) is 15.0. The maximum atomic E-state index is 12.2. The number of carbonyl (C=O) groups excluding carboxylic acids is 1. The normalized spacial score (nSPS) is 24.5. The maximum Gasteiger partial charge on any atom is 0.222 e. The molecule has 0 N–H and O–H groups in total. The van der Waals surface area contributed by atoms with Crippen molar-refractivity contribution in [3.8, 4) is 6.07 Å². The summed E-state index contributed by atoms with van der Waals surface area (Å²) in [6, 6.07) is 10.2. The lowest BCUT2D eigenvalue weighted by molar-refractivity contribution is -0.140. The predicted molar refractivity (Wildman–Crippen MR) is 95.8 cm³/mol. The van der Waals surface area contributed by atoms with E-state index in [4.69, 9.17) is 4.74 Å². The number of methoxy groups -OCH3 is 1. The minimum Gasteiger partial charge on any atom is -0.383 e. The first-order chi connectivity index (χ1) is 12.2. The van der Waals surface area contributed by atoms with Gasteiger partial charge in [-0.2, -0.15) is 5.26 Å². The van der Waals surface area contributed by atoms with Crippen LogP contribution in [0.15, 0.2) is 24.3 Å². The zero-order chi connectivity index (χ0) is 17.7. The van der Waals surface area contributed by atoms with Gasteiger partial charge in [0.05, 0.1) is 18.2 Å². The van der Waals surface area contributed by atoms with Crippen molar-refractivity contribution >= 4 is 5.91 Å². The highest BCUT2D eigenvalue weighted by atomic mass is 16.5. The number of amides is 1. The minimum absolute atomic E-state index is 0.196. The Balaban J connectivity index is 1.68. The molecule has 1 amide bonds. The van der Waals surface area contributed by atoms with Crippen molar-refractivity contribution in [3.05, 3.63) is 35.4 Å². The van der Waals surface area contributed by atoms with Gasteiger partial charge in [0.15, 0.2) is 0 Å². The summed E-state index contributed by atoms with van der Waals surface area (Å²) in [5.41, 5.74) is 2.06. The van der Waals surface area contributed by atoms with E-state index in [9.17, 15) is 10.1 Å². The third-order valence-corrected chi connectivity index (χ3v) is 5.59. The number of hydrogen-bond donors (Lipinski definition) is 0. The van der Waals surface area contributed by atoms with Crippen LogP contribution in [0.1, 0.15) is 36.8 Å². The Morgan fingerprint density at radius 2 is 2.12 bits per heavy atom. The number of ether oxygens (including phenoxy) is 1. The third-order valence-electron chi connectivity index (χ3n) is 5.59. The van der Waals surface area contributed by atoms with Crippen LogP contribution in [0.5, 0.6) is 0 Å². The molecule has 0 aromatic heterocycles. The standard InChI is InChI=1S/C20H27N3O2/c1-25-12-11-23-16-20(9-7-19(23)24)8-4-10-22(15-20)14-18-6-3-2-5-17(18)13-21/h2-3,5-6H,4,7-12,14-16H2,1H3/t20-/m0/s1. The van der Waals surface area contributed by atoms with E-state index in [1.807, 2.05) is 23.1 Å². The van der Waals surface area contributed by atoms with Gasteiger partial charge in [-0.1, -0.05) is 18.2 Å². The molecule has 1 aromatic rings. The summed E-state index contributed by atoms with van der Waals surface area (Å²) in [6.07, 6.45) is 3.96. The molecular weight excluding hydrogens is 314 g/mol. The first-order valence-corrected chi connectivity index (χ1v) is 9.13. The molecule has 5 nitrogen and oxygen atoms in total. The van der Waals surface area contributed by atoms with Gasteiger partial charge in [-0.25, -0.2) is 0 Å². The van der Waals surface area contributed by atoms with Crippen LogP contribution in [-0.4, -0.2) is 55.6 Å². The number of nitrogens with zero attached hydrogens (tertiary/aromatic N) is 3. The average Bonchev–Trinajstić information content (AvgIpc) is 2.63. The number of hydrogen-bond acceptors (Lipinski definition) is 4. The number of rotatable bonds is 5. The Morgan fingerprint density at radius 1 is 1.28 bits per heavy atom. The summed E-state index contributed by atoms with van der Waals surface area (Å²) in [7, 11) is 1.68. The molecule has 1 atom stereocenters. The quantitative estimate of drug-likeness (QED) is 0.825. The fourth-order valence-electron chi connectivity index (χ4n) is 4.29. The van der Waals surface area contributed by atoms with Gasteiger partial charge in [0.25, 0.3) is 0 Å². The Kier molecular flexibility index (Phi) is 5.72. The van der Waals surface area contributed by atoms with Gasteiger partial charge < -0.3 is 9.64 Å². The molecule has 1 aromatic carbocycles. The molecule has 2 saturated heterocycles. The molecule has 1 spiro atoms. The summed E-state index contributed by atoms with van der Waals surface area (Å²) in [5, 5.41) is 9.31. The smallest absolute Gasteiger partial charge is 0.222 e. The topological polar surface area (TPSA) is 56.6 Å². The fourth-order valence-corrected chi connectivity index (χ4v) is 4.29. The SMILES string of the molecule is COCCN1C[C@@]2(CCCN(Cc3ccccc3C#N)C2)CCC1=O. The van der Waals surface area contributed by atoms with E-state index in [1.165, 1.54) is 6.42 Å². The van der Waals surface area contributed by atoms with E-state index in [1.54, 1.807) is 7.11 Å². The second-order valence-electron chi connectivity index (χ2n) is 7.39. The minimum atomic E-state index is 0.196. The fraction of sp³-hybridized carbons (Fsp3) is 0.600. The number of likely N-dealkylation sites (tertiary alicyclic amines) is 2. The van der Waals surface area contributed by atoms with E-state index in [-0.39, 0.29) is 11.3 Å². The molecule has 134 valence electrons. The van der Waals surface area contributed by atoms with Gasteiger partial charge in [-0.05, 0) is 37.4 Å². The van der Waals surface area contributed by atoms with Crippen molar-refractivity contribution in [2.75, 3.05) is 39.9 Å². The molecule has 0 unspecified atom stereocenters. The highest BCUT2D eigenvalue weighted by Gasteiger charge is 2.41. The molecule has 5 heteroatoms.